The van der Waals surface area contributed by atoms with Gasteiger partial charge in [-0.05, 0) is 25.0 Å². The van der Waals surface area contributed by atoms with Crippen molar-refractivity contribution in [1.29, 1.82) is 0 Å². The van der Waals surface area contributed by atoms with Crippen LogP contribution in [-0.2, 0) is 6.54 Å². The van der Waals surface area contributed by atoms with E-state index in [1.165, 1.54) is 12.8 Å². The standard InChI is InChI=1S/C9H14N4/c1-10-9-5-4-8(12-13-9)6-11-7-2-3-7/h4-5,7,11H,2-3,6H2,1H3,(H,10,13). The Morgan fingerprint density at radius 2 is 2.23 bits per heavy atom. The van der Waals surface area contributed by atoms with Crippen LogP contribution >= 0.6 is 0 Å². The van der Waals surface area contributed by atoms with Gasteiger partial charge in [-0.2, -0.15) is 5.10 Å². The van der Waals surface area contributed by atoms with Crippen molar-refractivity contribution in [3.63, 3.8) is 0 Å². The normalized spacial score (nSPS) is 15.8. The summed E-state index contributed by atoms with van der Waals surface area (Å²) in [5, 5.41) is 14.4. The highest BCUT2D eigenvalue weighted by atomic mass is 15.2. The zero-order valence-electron chi connectivity index (χ0n) is 7.75. The minimum absolute atomic E-state index is 0.728. The molecule has 1 aliphatic carbocycles. The smallest absolute Gasteiger partial charge is 0.148 e. The molecule has 1 aromatic rings. The third-order valence-corrected chi connectivity index (χ3v) is 2.13. The van der Waals surface area contributed by atoms with Crippen LogP contribution in [-0.4, -0.2) is 23.3 Å². The molecule has 1 saturated carbocycles. The summed E-state index contributed by atoms with van der Waals surface area (Å²) in [4.78, 5) is 0. The summed E-state index contributed by atoms with van der Waals surface area (Å²) in [6, 6.07) is 4.66. The lowest BCUT2D eigenvalue weighted by Crippen LogP contribution is -2.16. The molecule has 4 heteroatoms. The Hall–Kier alpha value is -1.16. The summed E-state index contributed by atoms with van der Waals surface area (Å²) in [5.41, 5.74) is 1.01. The van der Waals surface area contributed by atoms with Gasteiger partial charge in [-0.1, -0.05) is 0 Å². The van der Waals surface area contributed by atoms with Gasteiger partial charge in [0.1, 0.15) is 5.82 Å². The summed E-state index contributed by atoms with van der Waals surface area (Å²) < 4.78 is 0. The van der Waals surface area contributed by atoms with Crippen molar-refractivity contribution >= 4 is 5.82 Å². The van der Waals surface area contributed by atoms with E-state index in [0.29, 0.717) is 0 Å². The van der Waals surface area contributed by atoms with E-state index in [1.807, 2.05) is 19.2 Å². The van der Waals surface area contributed by atoms with Gasteiger partial charge in [-0.3, -0.25) is 0 Å². The fourth-order valence-electron chi connectivity index (χ4n) is 1.12. The second-order valence-corrected chi connectivity index (χ2v) is 3.32. The molecule has 1 aromatic heterocycles. The van der Waals surface area contributed by atoms with E-state index < -0.39 is 0 Å². The van der Waals surface area contributed by atoms with Gasteiger partial charge in [0, 0.05) is 19.6 Å². The number of hydrogen-bond acceptors (Lipinski definition) is 4. The summed E-state index contributed by atoms with van der Waals surface area (Å²) in [6.45, 7) is 0.835. The van der Waals surface area contributed by atoms with E-state index in [1.54, 1.807) is 0 Å². The van der Waals surface area contributed by atoms with Crippen LogP contribution in [0.2, 0.25) is 0 Å². The lowest BCUT2D eigenvalue weighted by Gasteiger charge is -2.02. The van der Waals surface area contributed by atoms with Gasteiger partial charge in [0.15, 0.2) is 0 Å². The molecule has 0 radical (unpaired) electrons. The van der Waals surface area contributed by atoms with E-state index in [9.17, 15) is 0 Å². The summed E-state index contributed by atoms with van der Waals surface area (Å²) >= 11 is 0. The highest BCUT2D eigenvalue weighted by Gasteiger charge is 2.20. The van der Waals surface area contributed by atoms with E-state index in [4.69, 9.17) is 0 Å². The topological polar surface area (TPSA) is 49.8 Å². The summed E-state index contributed by atoms with van der Waals surface area (Å²) in [6.07, 6.45) is 2.62. The molecule has 0 saturated heterocycles. The van der Waals surface area contributed by atoms with Gasteiger partial charge in [-0.15, -0.1) is 5.10 Å². The molecular weight excluding hydrogens is 164 g/mol. The third kappa shape index (κ3) is 2.39. The maximum absolute atomic E-state index is 4.07. The fraction of sp³-hybridized carbons (Fsp3) is 0.556. The van der Waals surface area contributed by atoms with Crippen LogP contribution in [0.15, 0.2) is 12.1 Å². The molecule has 1 heterocycles. The van der Waals surface area contributed by atoms with E-state index in [0.717, 1.165) is 24.1 Å². The molecule has 13 heavy (non-hydrogen) atoms. The van der Waals surface area contributed by atoms with Crippen molar-refractivity contribution in [3.05, 3.63) is 17.8 Å². The van der Waals surface area contributed by atoms with Gasteiger partial charge < -0.3 is 10.6 Å². The molecule has 0 amide bonds. The molecule has 0 aromatic carbocycles. The Balaban J connectivity index is 1.88. The monoisotopic (exact) mass is 178 g/mol. The predicted molar refractivity (Wildman–Crippen MR) is 51.4 cm³/mol. The maximum atomic E-state index is 4.07. The summed E-state index contributed by atoms with van der Waals surface area (Å²) in [5.74, 6) is 0.815. The first-order valence-corrected chi connectivity index (χ1v) is 4.62. The number of rotatable bonds is 4. The zero-order valence-corrected chi connectivity index (χ0v) is 7.75. The van der Waals surface area contributed by atoms with E-state index >= 15 is 0 Å². The maximum Gasteiger partial charge on any atom is 0.148 e. The Morgan fingerprint density at radius 1 is 1.38 bits per heavy atom. The molecule has 2 N–H and O–H groups in total. The SMILES string of the molecule is CNc1ccc(CNC2CC2)nn1. The number of aromatic nitrogens is 2. The number of nitrogens with zero attached hydrogens (tertiary/aromatic N) is 2. The van der Waals surface area contributed by atoms with Crippen LogP contribution in [0.1, 0.15) is 18.5 Å². The molecule has 1 fully saturated rings. The van der Waals surface area contributed by atoms with Gasteiger partial charge in [-0.25, -0.2) is 0 Å². The Labute approximate surface area is 77.8 Å². The first-order valence-electron chi connectivity index (χ1n) is 4.62. The van der Waals surface area contributed by atoms with Crippen LogP contribution in [0.3, 0.4) is 0 Å². The van der Waals surface area contributed by atoms with Crippen LogP contribution in [0.5, 0.6) is 0 Å². The molecule has 1 aliphatic rings. The lowest BCUT2D eigenvalue weighted by atomic mass is 10.4. The Morgan fingerprint density at radius 3 is 2.77 bits per heavy atom. The predicted octanol–water partition coefficient (Wildman–Crippen LogP) is 0.770. The second-order valence-electron chi connectivity index (χ2n) is 3.32. The second kappa shape index (κ2) is 3.70. The highest BCUT2D eigenvalue weighted by molar-refractivity contribution is 5.31. The van der Waals surface area contributed by atoms with Crippen molar-refractivity contribution in [2.24, 2.45) is 0 Å². The minimum atomic E-state index is 0.728. The molecule has 0 bridgehead atoms. The van der Waals surface area contributed by atoms with Gasteiger partial charge >= 0.3 is 0 Å². The zero-order chi connectivity index (χ0) is 9.10. The number of nitrogens with one attached hydrogen (secondary N) is 2. The third-order valence-electron chi connectivity index (χ3n) is 2.13. The lowest BCUT2D eigenvalue weighted by molar-refractivity contribution is 0.666. The van der Waals surface area contributed by atoms with Gasteiger partial charge in [0.25, 0.3) is 0 Å². The van der Waals surface area contributed by atoms with Crippen LogP contribution in [0.4, 0.5) is 5.82 Å². The molecule has 70 valence electrons. The molecular formula is C9H14N4. The Kier molecular flexibility index (Phi) is 2.40. The fourth-order valence-corrected chi connectivity index (χ4v) is 1.12. The molecule has 0 atom stereocenters. The molecule has 2 rings (SSSR count). The van der Waals surface area contributed by atoms with Crippen LogP contribution < -0.4 is 10.6 Å². The van der Waals surface area contributed by atoms with Gasteiger partial charge in [0.2, 0.25) is 0 Å². The van der Waals surface area contributed by atoms with Crippen molar-refractivity contribution < 1.29 is 0 Å². The molecule has 4 nitrogen and oxygen atoms in total. The number of hydrogen-bond donors (Lipinski definition) is 2. The molecule has 0 unspecified atom stereocenters. The van der Waals surface area contributed by atoms with Crippen LogP contribution in [0.25, 0.3) is 0 Å². The average molecular weight is 178 g/mol. The summed E-state index contributed by atoms with van der Waals surface area (Å²) in [7, 11) is 1.84. The minimum Gasteiger partial charge on any atom is -0.372 e. The van der Waals surface area contributed by atoms with Crippen molar-refractivity contribution in [3.8, 4) is 0 Å². The average Bonchev–Trinajstić information content (AvgIpc) is 2.99. The largest absolute Gasteiger partial charge is 0.372 e. The molecule has 0 spiro atoms. The first-order chi connectivity index (χ1) is 6.38. The van der Waals surface area contributed by atoms with E-state index in [2.05, 4.69) is 20.8 Å². The Bertz CT molecular complexity index is 265. The van der Waals surface area contributed by atoms with Gasteiger partial charge in [0.05, 0.1) is 5.69 Å². The first kappa shape index (κ1) is 8.44. The highest BCUT2D eigenvalue weighted by Crippen LogP contribution is 2.18. The van der Waals surface area contributed by atoms with Crippen molar-refractivity contribution in [2.75, 3.05) is 12.4 Å². The van der Waals surface area contributed by atoms with Crippen molar-refractivity contribution in [2.45, 2.75) is 25.4 Å². The van der Waals surface area contributed by atoms with E-state index in [-0.39, 0.29) is 0 Å². The van der Waals surface area contributed by atoms with Crippen LogP contribution in [0, 0.1) is 0 Å². The quantitative estimate of drug-likeness (QED) is 0.715. The molecule has 0 aliphatic heterocycles. The van der Waals surface area contributed by atoms with Crippen molar-refractivity contribution in [1.82, 2.24) is 15.5 Å². The number of anilines is 1.